The number of methoxy groups -OCH3 is 2. The van der Waals surface area contributed by atoms with Gasteiger partial charge in [0.2, 0.25) is 5.91 Å². The number of para-hydroxylation sites is 2. The van der Waals surface area contributed by atoms with Gasteiger partial charge in [-0.15, -0.1) is 0 Å². The van der Waals surface area contributed by atoms with Gasteiger partial charge in [0.25, 0.3) is 0 Å². The quantitative estimate of drug-likeness (QED) is 0.669. The summed E-state index contributed by atoms with van der Waals surface area (Å²) in [5.41, 5.74) is 3.64. The van der Waals surface area contributed by atoms with Gasteiger partial charge in [-0.3, -0.25) is 14.5 Å². The largest absolute Gasteiger partial charge is 0.497 e. The normalized spacial score (nSPS) is 19.4. The first-order chi connectivity index (χ1) is 15.7. The van der Waals surface area contributed by atoms with Gasteiger partial charge in [0.05, 0.1) is 31.6 Å². The maximum atomic E-state index is 13.7. The zero-order valence-corrected chi connectivity index (χ0v) is 20.2. The number of amides is 1. The van der Waals surface area contributed by atoms with Crippen molar-refractivity contribution >= 4 is 23.1 Å². The smallest absolute Gasteiger partial charge is 0.230 e. The lowest BCUT2D eigenvalue weighted by molar-refractivity contribution is -0.122. The molecule has 6 heteroatoms. The Hall–Kier alpha value is -3.28. The second-order valence-corrected chi connectivity index (χ2v) is 9.85. The van der Waals surface area contributed by atoms with Crippen LogP contribution in [0.2, 0.25) is 0 Å². The summed E-state index contributed by atoms with van der Waals surface area (Å²) in [7, 11) is 3.19. The molecule has 0 bridgehead atoms. The zero-order valence-electron chi connectivity index (χ0n) is 20.2. The van der Waals surface area contributed by atoms with Gasteiger partial charge in [-0.2, -0.15) is 0 Å². The van der Waals surface area contributed by atoms with Gasteiger partial charge in [0.1, 0.15) is 11.5 Å². The first kappa shape index (κ1) is 22.9. The Kier molecular flexibility index (Phi) is 5.95. The lowest BCUT2D eigenvalue weighted by Crippen LogP contribution is -2.41. The number of rotatable bonds is 4. The Labute approximate surface area is 195 Å². The molecule has 0 fully saturated rings. The molecule has 174 valence electrons. The van der Waals surface area contributed by atoms with Gasteiger partial charge in [0.15, 0.2) is 5.78 Å². The third-order valence-electron chi connectivity index (χ3n) is 6.37. The number of nitrogens with zero attached hydrogens (tertiary/aromatic N) is 1. The molecular weight excluding hydrogens is 416 g/mol. The Morgan fingerprint density at radius 3 is 2.48 bits per heavy atom. The van der Waals surface area contributed by atoms with Crippen LogP contribution < -0.4 is 19.7 Å². The van der Waals surface area contributed by atoms with E-state index in [4.69, 9.17) is 9.47 Å². The van der Waals surface area contributed by atoms with E-state index in [1.165, 1.54) is 0 Å². The highest BCUT2D eigenvalue weighted by molar-refractivity contribution is 6.07. The number of allylic oxidation sites excluding steroid dienone is 1. The summed E-state index contributed by atoms with van der Waals surface area (Å²) >= 11 is 0. The minimum atomic E-state index is -0.615. The Morgan fingerprint density at radius 2 is 1.82 bits per heavy atom. The Balaban J connectivity index is 2.05. The second kappa shape index (κ2) is 8.58. The number of ether oxygens (including phenoxy) is 2. The van der Waals surface area contributed by atoms with Crippen LogP contribution in [0.1, 0.15) is 52.1 Å². The van der Waals surface area contributed by atoms with E-state index in [0.29, 0.717) is 29.9 Å². The number of anilines is 2. The molecule has 6 nitrogen and oxygen atoms in total. The number of nitrogens with one attached hydrogen (secondary N) is 1. The molecule has 1 heterocycles. The number of Topliss-reactive ketones (excluding diaryl/α,β-unsaturated/α-hetero) is 1. The number of hydrogen-bond donors (Lipinski definition) is 1. The van der Waals surface area contributed by atoms with Crippen molar-refractivity contribution in [2.45, 2.75) is 46.6 Å². The summed E-state index contributed by atoms with van der Waals surface area (Å²) in [5, 5.41) is 3.53. The Bertz CT molecular complexity index is 1130. The molecule has 1 atom stereocenters. The monoisotopic (exact) mass is 448 g/mol. The predicted octanol–water partition coefficient (Wildman–Crippen LogP) is 5.50. The van der Waals surface area contributed by atoms with Crippen molar-refractivity contribution in [3.8, 4) is 11.5 Å². The minimum absolute atomic E-state index is 0.0472. The highest BCUT2D eigenvalue weighted by Gasteiger charge is 2.44. The molecule has 0 saturated heterocycles. The second-order valence-electron chi connectivity index (χ2n) is 9.85. The summed E-state index contributed by atoms with van der Waals surface area (Å²) in [5.74, 6) is 0.950. The maximum absolute atomic E-state index is 13.7. The van der Waals surface area contributed by atoms with Crippen LogP contribution in [0.25, 0.3) is 0 Å². The van der Waals surface area contributed by atoms with Crippen molar-refractivity contribution in [1.82, 2.24) is 0 Å². The van der Waals surface area contributed by atoms with E-state index in [9.17, 15) is 9.59 Å². The van der Waals surface area contributed by atoms with Gasteiger partial charge in [-0.05, 0) is 36.1 Å². The van der Waals surface area contributed by atoms with E-state index in [1.54, 1.807) is 25.2 Å². The molecule has 0 aromatic heterocycles. The molecule has 0 radical (unpaired) electrons. The van der Waals surface area contributed by atoms with Crippen LogP contribution in [0, 0.1) is 11.3 Å². The van der Waals surface area contributed by atoms with Gasteiger partial charge in [0, 0.05) is 35.2 Å². The fraction of sp³-hybridized carbons (Fsp3) is 0.407. The molecule has 1 unspecified atom stereocenters. The van der Waals surface area contributed by atoms with E-state index in [-0.39, 0.29) is 23.0 Å². The molecule has 1 N–H and O–H groups in total. The SMILES string of the molecule is COc1ccc(C2C3=C(CC(C)(C)CC3=O)Nc3ccccc3N2C(=O)C(C)C)c(OC)c1. The van der Waals surface area contributed by atoms with Crippen molar-refractivity contribution in [3.05, 3.63) is 59.3 Å². The number of carbonyl (C=O) groups excluding carboxylic acids is 2. The average molecular weight is 449 g/mol. The molecule has 2 aromatic rings. The molecule has 4 rings (SSSR count). The van der Waals surface area contributed by atoms with E-state index in [0.717, 1.165) is 22.6 Å². The Morgan fingerprint density at radius 1 is 1.09 bits per heavy atom. The van der Waals surface area contributed by atoms with Crippen molar-refractivity contribution < 1.29 is 19.1 Å². The highest BCUT2D eigenvalue weighted by atomic mass is 16.5. The lowest BCUT2D eigenvalue weighted by Gasteiger charge is -2.38. The molecular formula is C27H32N2O4. The fourth-order valence-corrected chi connectivity index (χ4v) is 4.85. The van der Waals surface area contributed by atoms with E-state index >= 15 is 0 Å². The van der Waals surface area contributed by atoms with Crippen molar-refractivity contribution in [2.75, 3.05) is 24.4 Å². The summed E-state index contributed by atoms with van der Waals surface area (Å²) in [6, 6.07) is 12.7. The standard InChI is InChI=1S/C27H32N2O4/c1-16(2)26(31)29-21-10-8-7-9-19(21)28-20-14-27(3,4)15-22(30)24(20)25(29)18-12-11-17(32-5)13-23(18)33-6/h7-13,16,25,28H,14-15H2,1-6H3. The maximum Gasteiger partial charge on any atom is 0.230 e. The van der Waals surface area contributed by atoms with Crippen molar-refractivity contribution in [2.24, 2.45) is 11.3 Å². The average Bonchev–Trinajstić information content (AvgIpc) is 2.91. The highest BCUT2D eigenvalue weighted by Crippen LogP contribution is 2.50. The third kappa shape index (κ3) is 4.10. The summed E-state index contributed by atoms with van der Waals surface area (Å²) in [6.45, 7) is 7.97. The molecule has 1 amide bonds. The topological polar surface area (TPSA) is 67.9 Å². The van der Waals surface area contributed by atoms with E-state index in [2.05, 4.69) is 19.2 Å². The molecule has 33 heavy (non-hydrogen) atoms. The molecule has 2 aromatic carbocycles. The van der Waals surface area contributed by atoms with Gasteiger partial charge in [-0.1, -0.05) is 39.8 Å². The van der Waals surface area contributed by atoms with E-state index in [1.807, 2.05) is 50.2 Å². The number of ketones is 1. The third-order valence-corrected chi connectivity index (χ3v) is 6.37. The summed E-state index contributed by atoms with van der Waals surface area (Å²) in [6.07, 6.45) is 1.13. The van der Waals surface area contributed by atoms with Crippen molar-refractivity contribution in [1.29, 1.82) is 0 Å². The van der Waals surface area contributed by atoms with Gasteiger partial charge < -0.3 is 14.8 Å². The predicted molar refractivity (Wildman–Crippen MR) is 130 cm³/mol. The number of fused-ring (bicyclic) bond motifs is 1. The first-order valence-electron chi connectivity index (χ1n) is 11.3. The van der Waals surface area contributed by atoms with Crippen LogP contribution in [-0.4, -0.2) is 25.9 Å². The van der Waals surface area contributed by atoms with Crippen LogP contribution in [-0.2, 0) is 9.59 Å². The molecule has 0 spiro atoms. The number of hydrogen-bond acceptors (Lipinski definition) is 5. The minimum Gasteiger partial charge on any atom is -0.497 e. The summed E-state index contributed by atoms with van der Waals surface area (Å²) < 4.78 is 11.1. The lowest BCUT2D eigenvalue weighted by atomic mass is 9.73. The molecule has 2 aliphatic rings. The number of benzene rings is 2. The van der Waals surface area contributed by atoms with E-state index < -0.39 is 6.04 Å². The first-order valence-corrected chi connectivity index (χ1v) is 11.3. The van der Waals surface area contributed by atoms with Crippen LogP contribution in [0.15, 0.2) is 53.7 Å². The molecule has 1 aliphatic carbocycles. The fourth-order valence-electron chi connectivity index (χ4n) is 4.85. The zero-order chi connectivity index (χ0) is 23.9. The summed E-state index contributed by atoms with van der Waals surface area (Å²) in [4.78, 5) is 29.2. The van der Waals surface area contributed by atoms with Gasteiger partial charge in [-0.25, -0.2) is 0 Å². The molecule has 1 aliphatic heterocycles. The van der Waals surface area contributed by atoms with Gasteiger partial charge >= 0.3 is 0 Å². The number of carbonyl (C=O) groups is 2. The molecule has 0 saturated carbocycles. The van der Waals surface area contributed by atoms with Crippen LogP contribution >= 0.6 is 0 Å². The van der Waals surface area contributed by atoms with Crippen LogP contribution in [0.4, 0.5) is 11.4 Å². The van der Waals surface area contributed by atoms with Crippen LogP contribution in [0.3, 0.4) is 0 Å². The van der Waals surface area contributed by atoms with Crippen LogP contribution in [0.5, 0.6) is 11.5 Å². The van der Waals surface area contributed by atoms with Crippen molar-refractivity contribution in [3.63, 3.8) is 0 Å².